The Morgan fingerprint density at radius 1 is 1.03 bits per heavy atom. The third-order valence-corrected chi connectivity index (χ3v) is 9.93. The molecule has 1 amide bonds. The van der Waals surface area contributed by atoms with Crippen molar-refractivity contribution in [1.29, 1.82) is 0 Å². The van der Waals surface area contributed by atoms with Gasteiger partial charge in [-0.3, -0.25) is 24.0 Å². The van der Waals surface area contributed by atoms with Crippen LogP contribution >= 0.6 is 0 Å². The van der Waals surface area contributed by atoms with Crippen LogP contribution in [0.4, 0.5) is 0 Å². The third kappa shape index (κ3) is 4.51. The number of ether oxygens (including phenoxy) is 1. The second-order valence-corrected chi connectivity index (χ2v) is 11.6. The molecule has 3 saturated carbocycles. The molecule has 0 aromatic carbocycles. The number of amides is 1. The van der Waals surface area contributed by atoms with Crippen molar-refractivity contribution < 1.29 is 38.9 Å². The lowest BCUT2D eigenvalue weighted by molar-refractivity contribution is -0.170. The Hall–Kier alpha value is -2.55. The van der Waals surface area contributed by atoms with Crippen molar-refractivity contribution in [2.24, 2.45) is 28.6 Å². The molecular weight excluding hydrogens is 466 g/mol. The summed E-state index contributed by atoms with van der Waals surface area (Å²) in [6, 6.07) is 0. The standard InChI is InChI=1S/C27H37NO8/c1-25-10-7-17(29)13-16(25)3-4-18-19(25)8-11-26(2)20(18)9-12-27(26,35)21(30)15-36-24(34)6-5-22(31)28-14-23(32)33/h13,18-20,35H,3-12,14-15H2,1-2H3,(H,28,31)(H,32,33)/t18-,19+,20+,25-,26-,27+/m0/s1. The maximum absolute atomic E-state index is 13.2. The summed E-state index contributed by atoms with van der Waals surface area (Å²) in [6.45, 7) is 3.22. The number of allylic oxidation sites excluding steroid dienone is 1. The molecule has 0 bridgehead atoms. The average molecular weight is 504 g/mol. The van der Waals surface area contributed by atoms with Gasteiger partial charge in [0.25, 0.3) is 0 Å². The summed E-state index contributed by atoms with van der Waals surface area (Å²) in [7, 11) is 0. The highest BCUT2D eigenvalue weighted by Gasteiger charge is 2.66. The topological polar surface area (TPSA) is 147 Å². The van der Waals surface area contributed by atoms with Gasteiger partial charge in [0.1, 0.15) is 12.1 Å². The first-order chi connectivity index (χ1) is 16.9. The number of rotatable bonds is 8. The Labute approximate surface area is 211 Å². The van der Waals surface area contributed by atoms with E-state index in [0.717, 1.165) is 32.1 Å². The summed E-state index contributed by atoms with van der Waals surface area (Å²) < 4.78 is 5.10. The molecule has 6 atom stereocenters. The van der Waals surface area contributed by atoms with Gasteiger partial charge in [-0.25, -0.2) is 0 Å². The number of hydrogen-bond donors (Lipinski definition) is 3. The van der Waals surface area contributed by atoms with Crippen LogP contribution in [0.15, 0.2) is 11.6 Å². The number of carboxylic acid groups (broad SMARTS) is 1. The van der Waals surface area contributed by atoms with Crippen molar-refractivity contribution in [2.45, 2.75) is 83.7 Å². The van der Waals surface area contributed by atoms with Crippen LogP contribution in [0.3, 0.4) is 0 Å². The zero-order valence-electron chi connectivity index (χ0n) is 21.1. The van der Waals surface area contributed by atoms with Crippen LogP contribution in [0.2, 0.25) is 0 Å². The van der Waals surface area contributed by atoms with Crippen LogP contribution in [0.5, 0.6) is 0 Å². The van der Waals surface area contributed by atoms with Gasteiger partial charge in [-0.1, -0.05) is 19.4 Å². The smallest absolute Gasteiger partial charge is 0.322 e. The molecule has 0 heterocycles. The highest BCUT2D eigenvalue weighted by atomic mass is 16.5. The second-order valence-electron chi connectivity index (χ2n) is 11.6. The Morgan fingerprint density at radius 2 is 1.75 bits per heavy atom. The van der Waals surface area contributed by atoms with Gasteiger partial charge in [-0.15, -0.1) is 0 Å². The van der Waals surface area contributed by atoms with Gasteiger partial charge in [0.15, 0.2) is 12.4 Å². The van der Waals surface area contributed by atoms with E-state index in [-0.39, 0.29) is 30.0 Å². The average Bonchev–Trinajstić information content (AvgIpc) is 3.12. The number of carbonyl (C=O) groups excluding carboxylic acids is 4. The summed E-state index contributed by atoms with van der Waals surface area (Å²) in [6.07, 6.45) is 7.32. The van der Waals surface area contributed by atoms with Gasteiger partial charge < -0.3 is 20.3 Å². The molecule has 0 unspecified atom stereocenters. The van der Waals surface area contributed by atoms with Gasteiger partial charge in [0, 0.05) is 18.3 Å². The molecule has 9 nitrogen and oxygen atoms in total. The van der Waals surface area contributed by atoms with E-state index in [1.807, 2.05) is 13.0 Å². The number of carbonyl (C=O) groups is 5. The Bertz CT molecular complexity index is 1000. The molecule has 3 N–H and O–H groups in total. The van der Waals surface area contributed by atoms with Gasteiger partial charge in [-0.2, -0.15) is 0 Å². The van der Waals surface area contributed by atoms with E-state index in [9.17, 15) is 29.1 Å². The minimum absolute atomic E-state index is 0.00909. The van der Waals surface area contributed by atoms with E-state index < -0.39 is 47.8 Å². The predicted molar refractivity (Wildman–Crippen MR) is 128 cm³/mol. The normalized spacial score (nSPS) is 37.1. The quantitative estimate of drug-likeness (QED) is 0.428. The Morgan fingerprint density at radius 3 is 2.47 bits per heavy atom. The van der Waals surface area contributed by atoms with Crippen molar-refractivity contribution in [3.63, 3.8) is 0 Å². The van der Waals surface area contributed by atoms with Crippen LogP contribution in [0, 0.1) is 28.6 Å². The fourth-order valence-corrected chi connectivity index (χ4v) is 7.85. The molecule has 3 fully saturated rings. The molecule has 0 saturated heterocycles. The highest BCUT2D eigenvalue weighted by molar-refractivity contribution is 5.92. The molecule has 0 aliphatic heterocycles. The molecule has 36 heavy (non-hydrogen) atoms. The third-order valence-electron chi connectivity index (χ3n) is 9.93. The summed E-state index contributed by atoms with van der Waals surface area (Å²) >= 11 is 0. The second kappa shape index (κ2) is 9.72. The number of aliphatic hydroxyl groups is 1. The zero-order chi connectivity index (χ0) is 26.3. The molecular formula is C27H37NO8. The van der Waals surface area contributed by atoms with Crippen LogP contribution in [0.25, 0.3) is 0 Å². The SMILES string of the molecule is C[C@]12CCC(=O)C=C1CC[C@H]1[C@H]2CC[C@@]2(C)[C@@H]1CC[C@@]2(O)C(=O)COC(=O)CCC(=O)NCC(=O)O. The van der Waals surface area contributed by atoms with E-state index in [4.69, 9.17) is 9.84 Å². The molecule has 9 heteroatoms. The molecule has 0 spiro atoms. The molecule has 4 rings (SSSR count). The Balaban J connectivity index is 1.37. The number of aliphatic carboxylic acids is 1. The van der Waals surface area contributed by atoms with Gasteiger partial charge >= 0.3 is 11.9 Å². The number of carboxylic acids is 1. The number of Topliss-reactive ketones (excluding diaryl/α,β-unsaturated/α-hetero) is 1. The summed E-state index contributed by atoms with van der Waals surface area (Å²) in [5.41, 5.74) is -0.885. The zero-order valence-corrected chi connectivity index (χ0v) is 21.1. The van der Waals surface area contributed by atoms with Crippen molar-refractivity contribution in [2.75, 3.05) is 13.2 Å². The predicted octanol–water partition coefficient (Wildman–Crippen LogP) is 2.34. The van der Waals surface area contributed by atoms with E-state index in [2.05, 4.69) is 12.2 Å². The number of esters is 1. The first kappa shape index (κ1) is 26.5. The minimum Gasteiger partial charge on any atom is -0.480 e. The minimum atomic E-state index is -1.57. The number of fused-ring (bicyclic) bond motifs is 5. The number of ketones is 2. The molecule has 0 radical (unpaired) electrons. The number of hydrogen-bond acceptors (Lipinski definition) is 7. The first-order valence-corrected chi connectivity index (χ1v) is 13.0. The van der Waals surface area contributed by atoms with Crippen LogP contribution < -0.4 is 5.32 Å². The van der Waals surface area contributed by atoms with Gasteiger partial charge in [-0.05, 0) is 74.2 Å². The van der Waals surface area contributed by atoms with Crippen molar-refractivity contribution in [3.05, 3.63) is 11.6 Å². The van der Waals surface area contributed by atoms with E-state index in [0.29, 0.717) is 31.1 Å². The van der Waals surface area contributed by atoms with Gasteiger partial charge in [0.05, 0.1) is 6.42 Å². The summed E-state index contributed by atoms with van der Waals surface area (Å²) in [5, 5.41) is 22.4. The lowest BCUT2D eigenvalue weighted by Gasteiger charge is -2.58. The maximum atomic E-state index is 13.2. The van der Waals surface area contributed by atoms with E-state index >= 15 is 0 Å². The fraction of sp³-hybridized carbons (Fsp3) is 0.741. The van der Waals surface area contributed by atoms with Crippen molar-refractivity contribution >= 4 is 29.4 Å². The van der Waals surface area contributed by atoms with Gasteiger partial charge in [0.2, 0.25) is 11.7 Å². The van der Waals surface area contributed by atoms with E-state index in [1.54, 1.807) is 0 Å². The lowest BCUT2D eigenvalue weighted by atomic mass is 9.46. The monoisotopic (exact) mass is 503 g/mol. The lowest BCUT2D eigenvalue weighted by Crippen LogP contribution is -2.58. The number of nitrogens with one attached hydrogen (secondary N) is 1. The summed E-state index contributed by atoms with van der Waals surface area (Å²) in [5.74, 6) is -1.79. The first-order valence-electron chi connectivity index (χ1n) is 13.0. The molecule has 0 aromatic heterocycles. The van der Waals surface area contributed by atoms with Crippen LogP contribution in [0.1, 0.15) is 78.1 Å². The van der Waals surface area contributed by atoms with Crippen molar-refractivity contribution in [1.82, 2.24) is 5.32 Å². The van der Waals surface area contributed by atoms with Crippen LogP contribution in [-0.4, -0.2) is 58.4 Å². The Kier molecular flexibility index (Phi) is 7.16. The van der Waals surface area contributed by atoms with E-state index in [1.165, 1.54) is 5.57 Å². The molecule has 198 valence electrons. The van der Waals surface area contributed by atoms with Crippen molar-refractivity contribution in [3.8, 4) is 0 Å². The fourth-order valence-electron chi connectivity index (χ4n) is 7.85. The molecule has 4 aliphatic rings. The van der Waals surface area contributed by atoms with Crippen LogP contribution in [-0.2, 0) is 28.7 Å². The largest absolute Gasteiger partial charge is 0.480 e. The highest BCUT2D eigenvalue weighted by Crippen LogP contribution is 2.67. The summed E-state index contributed by atoms with van der Waals surface area (Å²) in [4.78, 5) is 59.4. The molecule has 4 aliphatic carbocycles. The molecule has 0 aromatic rings. The maximum Gasteiger partial charge on any atom is 0.322 e.